The standard InChI is InChI=1S/C19H27N3O2S/c1-13-15(24-17(21-13)19(2,3)4)11-8-12-20-18(25)22-14-9-6-7-10-16(14)23-5/h6-7,9-10H,8,11-12H2,1-5H3,(H2,20,22,25). The maximum absolute atomic E-state index is 5.91. The number of rotatable bonds is 6. The fourth-order valence-corrected chi connectivity index (χ4v) is 2.56. The van der Waals surface area contributed by atoms with Crippen LogP contribution in [0.1, 0.15) is 44.5 Å². The Labute approximate surface area is 155 Å². The molecule has 0 saturated heterocycles. The third-order valence-electron chi connectivity index (χ3n) is 3.76. The highest BCUT2D eigenvalue weighted by Crippen LogP contribution is 2.24. The molecule has 0 atom stereocenters. The minimum Gasteiger partial charge on any atom is -0.495 e. The maximum atomic E-state index is 5.91. The molecular weight excluding hydrogens is 334 g/mol. The SMILES string of the molecule is COc1ccccc1NC(=S)NCCCc1oc(C(C)(C)C)nc1C. The molecule has 0 spiro atoms. The van der Waals surface area contributed by atoms with Gasteiger partial charge in [-0.25, -0.2) is 4.98 Å². The number of benzene rings is 1. The molecule has 0 aliphatic heterocycles. The van der Waals surface area contributed by atoms with Crippen LogP contribution in [0.2, 0.25) is 0 Å². The molecule has 0 aliphatic carbocycles. The van der Waals surface area contributed by atoms with Crippen LogP contribution in [0.3, 0.4) is 0 Å². The second-order valence-electron chi connectivity index (χ2n) is 6.96. The van der Waals surface area contributed by atoms with Crippen LogP contribution in [0.25, 0.3) is 0 Å². The number of hydrogen-bond acceptors (Lipinski definition) is 4. The molecule has 2 aromatic rings. The van der Waals surface area contributed by atoms with Gasteiger partial charge in [-0.05, 0) is 37.7 Å². The normalized spacial score (nSPS) is 11.2. The van der Waals surface area contributed by atoms with Gasteiger partial charge in [-0.1, -0.05) is 32.9 Å². The molecule has 6 heteroatoms. The first kappa shape index (κ1) is 19.2. The van der Waals surface area contributed by atoms with Gasteiger partial charge in [0.05, 0.1) is 18.5 Å². The van der Waals surface area contributed by atoms with Gasteiger partial charge in [0.1, 0.15) is 11.5 Å². The second kappa shape index (κ2) is 8.34. The van der Waals surface area contributed by atoms with E-state index < -0.39 is 0 Å². The number of aryl methyl sites for hydroxylation is 2. The molecule has 25 heavy (non-hydrogen) atoms. The number of nitrogens with one attached hydrogen (secondary N) is 2. The lowest BCUT2D eigenvalue weighted by Crippen LogP contribution is -2.29. The monoisotopic (exact) mass is 361 g/mol. The predicted molar refractivity (Wildman–Crippen MR) is 105 cm³/mol. The lowest BCUT2D eigenvalue weighted by atomic mass is 9.97. The van der Waals surface area contributed by atoms with Crippen LogP contribution in [0, 0.1) is 6.92 Å². The lowest BCUT2D eigenvalue weighted by Gasteiger charge is -2.13. The number of methoxy groups -OCH3 is 1. The van der Waals surface area contributed by atoms with E-state index in [4.69, 9.17) is 21.4 Å². The minimum absolute atomic E-state index is 0.0680. The molecule has 0 radical (unpaired) electrons. The Morgan fingerprint density at radius 2 is 2.00 bits per heavy atom. The second-order valence-corrected chi connectivity index (χ2v) is 7.37. The van der Waals surface area contributed by atoms with Crippen molar-refractivity contribution in [3.63, 3.8) is 0 Å². The summed E-state index contributed by atoms with van der Waals surface area (Å²) in [4.78, 5) is 4.53. The van der Waals surface area contributed by atoms with Crippen molar-refractivity contribution < 1.29 is 9.15 Å². The van der Waals surface area contributed by atoms with Gasteiger partial charge in [0.15, 0.2) is 11.0 Å². The van der Waals surface area contributed by atoms with Crippen molar-refractivity contribution in [3.8, 4) is 5.75 Å². The summed E-state index contributed by atoms with van der Waals surface area (Å²) in [5, 5.41) is 6.94. The van der Waals surface area contributed by atoms with Crippen molar-refractivity contribution in [2.45, 2.75) is 46.0 Å². The van der Waals surface area contributed by atoms with E-state index in [0.29, 0.717) is 5.11 Å². The zero-order chi connectivity index (χ0) is 18.4. The largest absolute Gasteiger partial charge is 0.495 e. The van der Waals surface area contributed by atoms with Gasteiger partial charge in [0.2, 0.25) is 0 Å². The molecule has 1 aromatic carbocycles. The topological polar surface area (TPSA) is 59.3 Å². The number of para-hydroxylation sites is 2. The molecule has 1 aromatic heterocycles. The lowest BCUT2D eigenvalue weighted by molar-refractivity contribution is 0.370. The molecule has 1 heterocycles. The zero-order valence-corrected chi connectivity index (χ0v) is 16.4. The van der Waals surface area contributed by atoms with Crippen LogP contribution in [-0.4, -0.2) is 23.8 Å². The van der Waals surface area contributed by atoms with Crippen molar-refractivity contribution in [3.05, 3.63) is 41.6 Å². The molecule has 136 valence electrons. The molecule has 0 amide bonds. The number of nitrogens with zero attached hydrogens (tertiary/aromatic N) is 1. The number of aromatic nitrogens is 1. The highest BCUT2D eigenvalue weighted by Gasteiger charge is 2.21. The molecule has 0 fully saturated rings. The van der Waals surface area contributed by atoms with Gasteiger partial charge in [0, 0.05) is 18.4 Å². The van der Waals surface area contributed by atoms with Crippen LogP contribution in [0.15, 0.2) is 28.7 Å². The molecule has 0 aliphatic rings. The first-order valence-corrected chi connectivity index (χ1v) is 8.86. The van der Waals surface area contributed by atoms with E-state index in [1.165, 1.54) is 0 Å². The van der Waals surface area contributed by atoms with Crippen LogP contribution in [0.4, 0.5) is 5.69 Å². The number of anilines is 1. The van der Waals surface area contributed by atoms with Crippen molar-refractivity contribution in [1.82, 2.24) is 10.3 Å². The van der Waals surface area contributed by atoms with E-state index in [0.717, 1.165) is 48.2 Å². The number of oxazole rings is 1. The summed E-state index contributed by atoms with van der Waals surface area (Å²) in [7, 11) is 1.64. The quantitative estimate of drug-likeness (QED) is 0.594. The Morgan fingerprint density at radius 3 is 2.64 bits per heavy atom. The zero-order valence-electron chi connectivity index (χ0n) is 15.6. The van der Waals surface area contributed by atoms with Gasteiger partial charge in [-0.3, -0.25) is 0 Å². The summed E-state index contributed by atoms with van der Waals surface area (Å²) in [5.41, 5.74) is 1.75. The molecule has 0 bridgehead atoms. The highest BCUT2D eigenvalue weighted by atomic mass is 32.1. The van der Waals surface area contributed by atoms with Gasteiger partial charge in [-0.2, -0.15) is 0 Å². The molecular formula is C19H27N3O2S. The van der Waals surface area contributed by atoms with Gasteiger partial charge in [-0.15, -0.1) is 0 Å². The third-order valence-corrected chi connectivity index (χ3v) is 4.00. The van der Waals surface area contributed by atoms with Crippen LogP contribution >= 0.6 is 12.2 Å². The van der Waals surface area contributed by atoms with Crippen molar-refractivity contribution in [1.29, 1.82) is 0 Å². The Bertz CT molecular complexity index is 720. The molecule has 0 saturated carbocycles. The fourth-order valence-electron chi connectivity index (χ4n) is 2.35. The Hall–Kier alpha value is -2.08. The van der Waals surface area contributed by atoms with E-state index in [1.807, 2.05) is 31.2 Å². The third kappa shape index (κ3) is 5.46. The predicted octanol–water partition coefficient (Wildman–Crippen LogP) is 4.21. The number of thiocarbonyl (C=S) groups is 1. The fraction of sp³-hybridized carbons (Fsp3) is 0.474. The van der Waals surface area contributed by atoms with Gasteiger partial charge < -0.3 is 19.8 Å². The van der Waals surface area contributed by atoms with E-state index in [-0.39, 0.29) is 5.41 Å². The summed E-state index contributed by atoms with van der Waals surface area (Å²) in [5.74, 6) is 2.51. The Morgan fingerprint density at radius 1 is 1.28 bits per heavy atom. The number of ether oxygens (including phenoxy) is 1. The van der Waals surface area contributed by atoms with Crippen LogP contribution < -0.4 is 15.4 Å². The van der Waals surface area contributed by atoms with Crippen LogP contribution in [-0.2, 0) is 11.8 Å². The summed E-state index contributed by atoms with van der Waals surface area (Å²) in [6.45, 7) is 9.06. The van der Waals surface area contributed by atoms with E-state index >= 15 is 0 Å². The minimum atomic E-state index is -0.0680. The van der Waals surface area contributed by atoms with Crippen LogP contribution in [0.5, 0.6) is 5.75 Å². The van der Waals surface area contributed by atoms with Crippen molar-refractivity contribution >= 4 is 23.0 Å². The summed E-state index contributed by atoms with van der Waals surface area (Å²) >= 11 is 5.34. The molecule has 0 unspecified atom stereocenters. The van der Waals surface area contributed by atoms with E-state index in [9.17, 15) is 0 Å². The van der Waals surface area contributed by atoms with Gasteiger partial charge >= 0.3 is 0 Å². The maximum Gasteiger partial charge on any atom is 0.199 e. The Balaban J connectivity index is 1.79. The Kier molecular flexibility index (Phi) is 6.42. The van der Waals surface area contributed by atoms with E-state index in [2.05, 4.69) is 36.4 Å². The highest BCUT2D eigenvalue weighted by molar-refractivity contribution is 7.80. The molecule has 2 N–H and O–H groups in total. The van der Waals surface area contributed by atoms with Crippen molar-refractivity contribution in [2.24, 2.45) is 0 Å². The molecule has 5 nitrogen and oxygen atoms in total. The smallest absolute Gasteiger partial charge is 0.199 e. The average molecular weight is 362 g/mol. The number of hydrogen-bond donors (Lipinski definition) is 2. The average Bonchev–Trinajstić information content (AvgIpc) is 2.93. The first-order valence-electron chi connectivity index (χ1n) is 8.46. The summed E-state index contributed by atoms with van der Waals surface area (Å²) in [6.07, 6.45) is 1.74. The first-order chi connectivity index (χ1) is 11.8. The van der Waals surface area contributed by atoms with Crippen molar-refractivity contribution in [2.75, 3.05) is 19.0 Å². The summed E-state index contributed by atoms with van der Waals surface area (Å²) < 4.78 is 11.2. The summed E-state index contributed by atoms with van der Waals surface area (Å²) in [6, 6.07) is 7.68. The van der Waals surface area contributed by atoms with E-state index in [1.54, 1.807) is 7.11 Å². The molecule has 2 rings (SSSR count). The van der Waals surface area contributed by atoms with Gasteiger partial charge in [0.25, 0.3) is 0 Å².